The highest BCUT2D eigenvalue weighted by Gasteiger charge is 2.35. The van der Waals surface area contributed by atoms with Crippen LogP contribution in [0.4, 0.5) is 5.69 Å². The number of rotatable bonds is 6. The molecule has 2 aromatic carbocycles. The van der Waals surface area contributed by atoms with Crippen LogP contribution in [-0.2, 0) is 5.54 Å². The van der Waals surface area contributed by atoms with Crippen molar-refractivity contribution in [2.45, 2.75) is 12.0 Å². The second-order valence-electron chi connectivity index (χ2n) is 5.09. The second-order valence-corrected chi connectivity index (χ2v) is 5.99. The zero-order valence-electron chi connectivity index (χ0n) is 12.3. The minimum atomic E-state index is -0.390. The summed E-state index contributed by atoms with van der Waals surface area (Å²) < 4.78 is 0. The van der Waals surface area contributed by atoms with Crippen molar-refractivity contribution in [1.29, 1.82) is 0 Å². The summed E-state index contributed by atoms with van der Waals surface area (Å²) in [6, 6.07) is 20.7. The molecule has 3 aromatic rings. The molecule has 0 radical (unpaired) electrons. The number of hydrogen-bond acceptors (Lipinski definition) is 3. The lowest BCUT2D eigenvalue weighted by atomic mass is 9.86. The third kappa shape index (κ3) is 2.81. The molecule has 0 bridgehead atoms. The smallest absolute Gasteiger partial charge is 0.123 e. The van der Waals surface area contributed by atoms with Crippen LogP contribution in [0.3, 0.4) is 0 Å². The lowest BCUT2D eigenvalue weighted by Crippen LogP contribution is -2.36. The van der Waals surface area contributed by atoms with Gasteiger partial charge >= 0.3 is 0 Å². The molecular weight excluding hydrogens is 288 g/mol. The van der Waals surface area contributed by atoms with Gasteiger partial charge in [0.2, 0.25) is 0 Å². The minimum Gasteiger partial charge on any atom is -0.369 e. The van der Waals surface area contributed by atoms with Crippen molar-refractivity contribution in [1.82, 2.24) is 4.98 Å². The first kappa shape index (κ1) is 14.5. The number of thiazole rings is 1. The fourth-order valence-corrected chi connectivity index (χ4v) is 3.47. The van der Waals surface area contributed by atoms with Crippen LogP contribution in [0.5, 0.6) is 0 Å². The maximum Gasteiger partial charge on any atom is 0.123 e. The van der Waals surface area contributed by atoms with E-state index in [1.165, 1.54) is 5.56 Å². The van der Waals surface area contributed by atoms with E-state index < -0.39 is 5.54 Å². The predicted octanol–water partition coefficient (Wildman–Crippen LogP) is 5.07. The van der Waals surface area contributed by atoms with Crippen LogP contribution in [-0.4, -0.2) is 4.98 Å². The maximum atomic E-state index is 4.59. The average molecular weight is 306 g/mol. The van der Waals surface area contributed by atoms with Crippen molar-refractivity contribution in [2.75, 3.05) is 5.32 Å². The van der Waals surface area contributed by atoms with Crippen molar-refractivity contribution >= 4 is 17.0 Å². The Morgan fingerprint density at radius 1 is 1.05 bits per heavy atom. The zero-order valence-corrected chi connectivity index (χ0v) is 13.1. The fraction of sp³-hybridized carbons (Fsp3) is 0.105. The van der Waals surface area contributed by atoms with Gasteiger partial charge in [-0.1, -0.05) is 54.6 Å². The van der Waals surface area contributed by atoms with Crippen molar-refractivity contribution in [2.24, 2.45) is 0 Å². The molecule has 0 spiro atoms. The van der Waals surface area contributed by atoms with Gasteiger partial charge in [-0.05, 0) is 24.1 Å². The molecule has 0 fully saturated rings. The first-order chi connectivity index (χ1) is 10.8. The lowest BCUT2D eigenvalue weighted by molar-refractivity contribution is 0.594. The SMILES string of the molecule is C=CCC(Nc1ccccc1)(c1ccccc1)c1nccs1. The molecule has 0 aliphatic carbocycles. The van der Waals surface area contributed by atoms with E-state index in [1.54, 1.807) is 11.3 Å². The van der Waals surface area contributed by atoms with Crippen LogP contribution < -0.4 is 5.32 Å². The van der Waals surface area contributed by atoms with Gasteiger partial charge < -0.3 is 5.32 Å². The Bertz CT molecular complexity index is 708. The normalized spacial score (nSPS) is 13.3. The van der Waals surface area contributed by atoms with Crippen LogP contribution in [0.1, 0.15) is 17.0 Å². The number of anilines is 1. The number of nitrogens with one attached hydrogen (secondary N) is 1. The third-order valence-corrected chi connectivity index (χ3v) is 4.58. The van der Waals surface area contributed by atoms with Crippen molar-refractivity contribution in [3.8, 4) is 0 Å². The molecule has 0 saturated carbocycles. The summed E-state index contributed by atoms with van der Waals surface area (Å²) in [5.74, 6) is 0. The second kappa shape index (κ2) is 6.58. The Kier molecular flexibility index (Phi) is 4.35. The Morgan fingerprint density at radius 3 is 2.32 bits per heavy atom. The molecule has 1 heterocycles. The Balaban J connectivity index is 2.13. The summed E-state index contributed by atoms with van der Waals surface area (Å²) in [5, 5.41) is 6.75. The largest absolute Gasteiger partial charge is 0.369 e. The van der Waals surface area contributed by atoms with Crippen LogP contribution in [0.2, 0.25) is 0 Å². The van der Waals surface area contributed by atoms with E-state index in [4.69, 9.17) is 0 Å². The Hall–Kier alpha value is -2.39. The minimum absolute atomic E-state index is 0.390. The highest BCUT2D eigenvalue weighted by Crippen LogP contribution is 2.38. The van der Waals surface area contributed by atoms with Crippen molar-refractivity contribution < 1.29 is 0 Å². The van der Waals surface area contributed by atoms with E-state index >= 15 is 0 Å². The summed E-state index contributed by atoms with van der Waals surface area (Å²) >= 11 is 1.66. The molecule has 22 heavy (non-hydrogen) atoms. The molecule has 110 valence electrons. The van der Waals surface area contributed by atoms with E-state index in [0.29, 0.717) is 0 Å². The topological polar surface area (TPSA) is 24.9 Å². The van der Waals surface area contributed by atoms with Gasteiger partial charge in [0.1, 0.15) is 10.5 Å². The average Bonchev–Trinajstić information content (AvgIpc) is 3.11. The highest BCUT2D eigenvalue weighted by molar-refractivity contribution is 7.09. The van der Waals surface area contributed by atoms with Crippen molar-refractivity contribution in [3.05, 3.63) is 95.5 Å². The summed E-state index contributed by atoms with van der Waals surface area (Å²) in [6.45, 7) is 3.96. The molecule has 0 amide bonds. The Morgan fingerprint density at radius 2 is 1.73 bits per heavy atom. The molecule has 1 aromatic heterocycles. The first-order valence-electron chi connectivity index (χ1n) is 7.25. The summed E-state index contributed by atoms with van der Waals surface area (Å²) in [7, 11) is 0. The summed E-state index contributed by atoms with van der Waals surface area (Å²) in [6.07, 6.45) is 4.57. The number of para-hydroxylation sites is 1. The van der Waals surface area contributed by atoms with Gasteiger partial charge in [0, 0.05) is 17.3 Å². The maximum absolute atomic E-state index is 4.59. The zero-order chi connectivity index (χ0) is 15.3. The van der Waals surface area contributed by atoms with E-state index in [-0.39, 0.29) is 0 Å². The molecule has 1 unspecified atom stereocenters. The van der Waals surface area contributed by atoms with Crippen LogP contribution in [0, 0.1) is 0 Å². The number of hydrogen-bond donors (Lipinski definition) is 1. The monoisotopic (exact) mass is 306 g/mol. The van der Waals surface area contributed by atoms with Gasteiger partial charge in [-0.3, -0.25) is 0 Å². The Labute approximate surface area is 135 Å². The van der Waals surface area contributed by atoms with Gasteiger partial charge in [0.25, 0.3) is 0 Å². The highest BCUT2D eigenvalue weighted by atomic mass is 32.1. The summed E-state index contributed by atoms with van der Waals surface area (Å²) in [5.41, 5.74) is 1.87. The number of aromatic nitrogens is 1. The van der Waals surface area contributed by atoms with E-state index in [2.05, 4.69) is 53.3 Å². The molecule has 3 rings (SSSR count). The van der Waals surface area contributed by atoms with Crippen LogP contribution in [0.15, 0.2) is 84.9 Å². The standard InChI is InChI=1S/C19H18N2S/c1-2-13-19(18-20-14-15-22-18,16-9-5-3-6-10-16)21-17-11-7-4-8-12-17/h2-12,14-15,21H,1,13H2. The molecule has 0 saturated heterocycles. The molecule has 1 atom stereocenters. The summed E-state index contributed by atoms with van der Waals surface area (Å²) in [4.78, 5) is 4.59. The van der Waals surface area contributed by atoms with Gasteiger partial charge in [-0.25, -0.2) is 4.98 Å². The van der Waals surface area contributed by atoms with Crippen LogP contribution >= 0.6 is 11.3 Å². The lowest BCUT2D eigenvalue weighted by Gasteiger charge is -2.34. The molecule has 0 aliphatic rings. The van der Waals surface area contributed by atoms with E-state index in [0.717, 1.165) is 17.1 Å². The van der Waals surface area contributed by atoms with Crippen molar-refractivity contribution in [3.63, 3.8) is 0 Å². The van der Waals surface area contributed by atoms with Crippen LogP contribution in [0.25, 0.3) is 0 Å². The third-order valence-electron chi connectivity index (χ3n) is 3.65. The van der Waals surface area contributed by atoms with E-state index in [1.807, 2.05) is 41.9 Å². The first-order valence-corrected chi connectivity index (χ1v) is 8.13. The van der Waals surface area contributed by atoms with Gasteiger partial charge in [0.05, 0.1) is 0 Å². The molecule has 1 N–H and O–H groups in total. The number of nitrogens with zero attached hydrogens (tertiary/aromatic N) is 1. The molecule has 0 aliphatic heterocycles. The quantitative estimate of drug-likeness (QED) is 0.643. The van der Waals surface area contributed by atoms with Gasteiger partial charge in [0.15, 0.2) is 0 Å². The van der Waals surface area contributed by atoms with Gasteiger partial charge in [-0.2, -0.15) is 0 Å². The van der Waals surface area contributed by atoms with E-state index in [9.17, 15) is 0 Å². The molecule has 2 nitrogen and oxygen atoms in total. The molecule has 3 heteroatoms. The predicted molar refractivity (Wildman–Crippen MR) is 94.2 cm³/mol. The molecular formula is C19H18N2S. The fourth-order valence-electron chi connectivity index (χ4n) is 2.65. The number of benzene rings is 2. The van der Waals surface area contributed by atoms with Gasteiger partial charge in [-0.15, -0.1) is 17.9 Å².